The first-order valence-corrected chi connectivity index (χ1v) is 14.3. The second-order valence-electron chi connectivity index (χ2n) is 9.87. The summed E-state index contributed by atoms with van der Waals surface area (Å²) >= 11 is 0. The predicted molar refractivity (Wildman–Crippen MR) is 154 cm³/mol. The van der Waals surface area contributed by atoms with Gasteiger partial charge in [-0.25, -0.2) is 8.42 Å². The van der Waals surface area contributed by atoms with E-state index in [4.69, 9.17) is 14.8 Å². The summed E-state index contributed by atoms with van der Waals surface area (Å²) in [7, 11) is -4.03. The number of hydrogen-bond acceptors (Lipinski definition) is 8. The molecule has 0 amide bonds. The zero-order chi connectivity index (χ0) is 29.1. The number of non-ortho nitro benzene ring substituents is 1. The van der Waals surface area contributed by atoms with Crippen molar-refractivity contribution in [2.24, 2.45) is 5.92 Å². The van der Waals surface area contributed by atoms with Crippen molar-refractivity contribution in [2.75, 3.05) is 13.1 Å². The third-order valence-electron chi connectivity index (χ3n) is 6.25. The summed E-state index contributed by atoms with van der Waals surface area (Å²) in [6, 6.07) is 21.9. The lowest BCUT2D eigenvalue weighted by atomic mass is 9.72. The van der Waals surface area contributed by atoms with Crippen molar-refractivity contribution in [1.29, 1.82) is 5.41 Å². The maximum atomic E-state index is 13.4. The van der Waals surface area contributed by atoms with E-state index in [-0.39, 0.29) is 37.1 Å². The molecule has 0 bridgehead atoms. The molecular weight excluding hydrogens is 533 g/mol. The van der Waals surface area contributed by atoms with E-state index in [1.165, 1.54) is 16.4 Å². The minimum Gasteiger partial charge on any atom is -0.557 e. The Labute approximate surface area is 235 Å². The number of hydrogen-bond donors (Lipinski definition) is 2. The van der Waals surface area contributed by atoms with E-state index >= 15 is 0 Å². The molecule has 0 saturated heterocycles. The van der Waals surface area contributed by atoms with Crippen LogP contribution in [-0.4, -0.2) is 55.8 Å². The van der Waals surface area contributed by atoms with Gasteiger partial charge in [0.05, 0.1) is 15.9 Å². The van der Waals surface area contributed by atoms with Crippen molar-refractivity contribution in [3.8, 4) is 5.75 Å². The van der Waals surface area contributed by atoms with E-state index in [0.29, 0.717) is 18.8 Å². The summed E-state index contributed by atoms with van der Waals surface area (Å²) < 4.78 is 39.1. The molecule has 2 atom stereocenters. The van der Waals surface area contributed by atoms with Crippen LogP contribution in [0.15, 0.2) is 83.8 Å². The van der Waals surface area contributed by atoms with Gasteiger partial charge in [-0.3, -0.25) is 15.5 Å². The number of nitrogens with one attached hydrogen (secondary N) is 1. The first-order chi connectivity index (χ1) is 19.1. The Hall–Kier alpha value is -3.74. The van der Waals surface area contributed by atoms with Crippen LogP contribution in [0.2, 0.25) is 5.82 Å². The van der Waals surface area contributed by atoms with Crippen LogP contribution < -0.4 is 4.74 Å². The second kappa shape index (κ2) is 14.6. The van der Waals surface area contributed by atoms with Crippen molar-refractivity contribution >= 4 is 29.6 Å². The van der Waals surface area contributed by atoms with Gasteiger partial charge in [0.25, 0.3) is 5.69 Å². The minimum absolute atomic E-state index is 0.0179. The smallest absolute Gasteiger partial charge is 0.347 e. The predicted octanol–water partition coefficient (Wildman–Crippen LogP) is 4.19. The Balaban J connectivity index is 1.73. The fourth-order valence-corrected chi connectivity index (χ4v) is 5.79. The number of sulfonamides is 1. The topological polar surface area (TPSA) is 143 Å². The number of aliphatic hydroxyl groups excluding tert-OH is 1. The molecule has 3 rings (SSSR count). The zero-order valence-electron chi connectivity index (χ0n) is 22.5. The highest BCUT2D eigenvalue weighted by Crippen LogP contribution is 2.25. The molecule has 40 heavy (non-hydrogen) atoms. The molecule has 0 aliphatic carbocycles. The summed E-state index contributed by atoms with van der Waals surface area (Å²) in [4.78, 5) is 10.3. The van der Waals surface area contributed by atoms with Crippen LogP contribution in [0.3, 0.4) is 0 Å². The SMILES string of the molecule is CC(C)CN(CC(O)[C@@H](BOC=N)Cc1ccc(OCc2ccccc2)cc1)S(=O)(=O)c1ccc([N+](=O)[O-])cc1. The van der Waals surface area contributed by atoms with E-state index in [0.717, 1.165) is 29.7 Å². The van der Waals surface area contributed by atoms with E-state index in [1.807, 2.05) is 68.4 Å². The highest BCUT2D eigenvalue weighted by atomic mass is 32.2. The molecule has 0 aliphatic heterocycles. The maximum Gasteiger partial charge on any atom is 0.347 e. The number of aliphatic hydroxyl groups is 1. The summed E-state index contributed by atoms with van der Waals surface area (Å²) in [6.07, 6.45) is 0.0569. The number of benzene rings is 3. The van der Waals surface area contributed by atoms with E-state index in [1.54, 1.807) is 0 Å². The maximum absolute atomic E-state index is 13.4. The third kappa shape index (κ3) is 8.90. The van der Waals surface area contributed by atoms with Gasteiger partial charge in [-0.05, 0) is 47.7 Å². The average Bonchev–Trinajstić information content (AvgIpc) is 2.94. The fourth-order valence-electron chi connectivity index (χ4n) is 4.17. The van der Waals surface area contributed by atoms with Crippen LogP contribution in [0.4, 0.5) is 5.69 Å². The molecule has 3 aromatic rings. The molecular formula is C28H34BN3O7S. The van der Waals surface area contributed by atoms with Crippen LogP contribution >= 0.6 is 0 Å². The van der Waals surface area contributed by atoms with Crippen LogP contribution in [0, 0.1) is 21.4 Å². The van der Waals surface area contributed by atoms with Crippen LogP contribution in [0.25, 0.3) is 0 Å². The molecule has 0 heterocycles. The molecule has 0 aromatic heterocycles. The van der Waals surface area contributed by atoms with E-state index in [9.17, 15) is 23.6 Å². The van der Waals surface area contributed by atoms with Crippen LogP contribution in [0.1, 0.15) is 25.0 Å². The lowest BCUT2D eigenvalue weighted by molar-refractivity contribution is -0.384. The Morgan fingerprint density at radius 1 is 1.00 bits per heavy atom. The van der Waals surface area contributed by atoms with Gasteiger partial charge in [0.15, 0.2) is 0 Å². The van der Waals surface area contributed by atoms with Gasteiger partial charge in [-0.2, -0.15) is 4.31 Å². The van der Waals surface area contributed by atoms with Crippen molar-refractivity contribution < 1.29 is 27.8 Å². The average molecular weight is 567 g/mol. The highest BCUT2D eigenvalue weighted by molar-refractivity contribution is 7.89. The van der Waals surface area contributed by atoms with Gasteiger partial charge in [0.2, 0.25) is 10.0 Å². The molecule has 0 spiro atoms. The summed E-state index contributed by atoms with van der Waals surface area (Å²) in [5, 5.41) is 29.4. The summed E-state index contributed by atoms with van der Waals surface area (Å²) in [5.74, 6) is 0.136. The Morgan fingerprint density at radius 2 is 1.65 bits per heavy atom. The molecule has 3 aromatic carbocycles. The van der Waals surface area contributed by atoms with Crippen molar-refractivity contribution in [2.45, 2.75) is 43.7 Å². The van der Waals surface area contributed by atoms with Gasteiger partial charge in [-0.15, -0.1) is 0 Å². The second-order valence-corrected chi connectivity index (χ2v) is 11.8. The van der Waals surface area contributed by atoms with Crippen LogP contribution in [-0.2, 0) is 27.7 Å². The molecule has 1 unspecified atom stereocenters. The number of ether oxygens (including phenoxy) is 1. The molecule has 0 fully saturated rings. The molecule has 0 aliphatic rings. The van der Waals surface area contributed by atoms with Crippen molar-refractivity contribution in [3.63, 3.8) is 0 Å². The first-order valence-electron chi connectivity index (χ1n) is 12.9. The summed E-state index contributed by atoms with van der Waals surface area (Å²) in [5.41, 5.74) is 1.72. The number of nitrogens with zero attached hydrogens (tertiary/aromatic N) is 2. The Kier molecular flexibility index (Phi) is 11.2. The number of nitro benzene ring substituents is 1. The lowest BCUT2D eigenvalue weighted by Crippen LogP contribution is -2.42. The minimum atomic E-state index is -4.05. The van der Waals surface area contributed by atoms with Gasteiger partial charge >= 0.3 is 7.48 Å². The molecule has 0 saturated carbocycles. The van der Waals surface area contributed by atoms with Gasteiger partial charge in [-0.1, -0.05) is 56.3 Å². The van der Waals surface area contributed by atoms with E-state index < -0.39 is 26.9 Å². The van der Waals surface area contributed by atoms with E-state index in [2.05, 4.69) is 0 Å². The molecule has 10 nitrogen and oxygen atoms in total. The molecule has 0 radical (unpaired) electrons. The van der Waals surface area contributed by atoms with Gasteiger partial charge in [0.1, 0.15) is 18.8 Å². The lowest BCUT2D eigenvalue weighted by Gasteiger charge is -2.29. The van der Waals surface area contributed by atoms with Crippen molar-refractivity contribution in [1.82, 2.24) is 4.31 Å². The molecule has 2 N–H and O–H groups in total. The largest absolute Gasteiger partial charge is 0.557 e. The standard InChI is InChI=1S/C28H34BN3O7S/c1-21(2)17-31(40(36,37)26-14-10-24(11-15-26)32(34)35)18-28(33)27(29-39-20-30)16-22-8-12-25(13-9-22)38-19-23-6-4-3-5-7-23/h3-15,20-21,27-30,33H,16-19H2,1-2H3/t27-,28?/m0/s1. The van der Waals surface area contributed by atoms with Gasteiger partial charge < -0.3 is 14.5 Å². The monoisotopic (exact) mass is 567 g/mol. The van der Waals surface area contributed by atoms with Crippen molar-refractivity contribution in [3.05, 3.63) is 100 Å². The quantitative estimate of drug-likeness (QED) is 0.0869. The highest BCUT2D eigenvalue weighted by Gasteiger charge is 2.32. The zero-order valence-corrected chi connectivity index (χ0v) is 23.4. The Morgan fingerprint density at radius 3 is 2.23 bits per heavy atom. The fraction of sp³-hybridized carbons (Fsp3) is 0.321. The summed E-state index contributed by atoms with van der Waals surface area (Å²) in [6.45, 7) is 4.09. The normalized spacial score (nSPS) is 13.0. The Bertz CT molecular complexity index is 1340. The molecule has 12 heteroatoms. The number of nitro groups is 1. The number of rotatable bonds is 16. The molecule has 212 valence electrons. The first kappa shape index (κ1) is 30.8. The third-order valence-corrected chi connectivity index (χ3v) is 8.10. The van der Waals surface area contributed by atoms with Crippen LogP contribution in [0.5, 0.6) is 5.75 Å². The van der Waals surface area contributed by atoms with Gasteiger partial charge in [0, 0.05) is 31.0 Å².